The van der Waals surface area contributed by atoms with Crippen molar-refractivity contribution in [1.29, 1.82) is 0 Å². The van der Waals surface area contributed by atoms with Gasteiger partial charge in [0.05, 0.1) is 12.2 Å². The molecule has 0 radical (unpaired) electrons. The normalized spacial score (nSPS) is 38.5. The Kier molecular flexibility index (Phi) is 5.48. The second kappa shape index (κ2) is 6.93. The van der Waals surface area contributed by atoms with E-state index in [9.17, 15) is 4.79 Å². The summed E-state index contributed by atoms with van der Waals surface area (Å²) < 4.78 is 0. The SMILES string of the molecule is CCCC1NC(CCC)N(C2CC(C)CC(C)C2)C1=O. The summed E-state index contributed by atoms with van der Waals surface area (Å²) >= 11 is 0. The Bertz CT molecular complexity index is 321. The Morgan fingerprint density at radius 2 is 1.65 bits per heavy atom. The zero-order valence-corrected chi connectivity index (χ0v) is 13.7. The largest absolute Gasteiger partial charge is 0.323 e. The van der Waals surface area contributed by atoms with Gasteiger partial charge in [-0.15, -0.1) is 0 Å². The lowest BCUT2D eigenvalue weighted by atomic mass is 9.79. The van der Waals surface area contributed by atoms with Crippen molar-refractivity contribution < 1.29 is 4.79 Å². The summed E-state index contributed by atoms with van der Waals surface area (Å²) in [4.78, 5) is 15.0. The maximum Gasteiger partial charge on any atom is 0.241 e. The first-order valence-electron chi connectivity index (χ1n) is 8.65. The minimum atomic E-state index is 0.0732. The van der Waals surface area contributed by atoms with E-state index >= 15 is 0 Å². The predicted octanol–water partition coefficient (Wildman–Crippen LogP) is 3.54. The number of rotatable bonds is 5. The molecule has 0 aromatic carbocycles. The lowest BCUT2D eigenvalue weighted by molar-refractivity contribution is -0.133. The fourth-order valence-corrected chi connectivity index (χ4v) is 4.27. The average Bonchev–Trinajstić information content (AvgIpc) is 2.66. The number of nitrogens with zero attached hydrogens (tertiary/aromatic N) is 1. The average molecular weight is 280 g/mol. The van der Waals surface area contributed by atoms with Crippen molar-refractivity contribution in [1.82, 2.24) is 10.2 Å². The van der Waals surface area contributed by atoms with Crippen molar-refractivity contribution in [2.75, 3.05) is 0 Å². The van der Waals surface area contributed by atoms with Gasteiger partial charge in [-0.05, 0) is 43.9 Å². The monoisotopic (exact) mass is 280 g/mol. The van der Waals surface area contributed by atoms with E-state index in [0.29, 0.717) is 11.9 Å². The molecule has 0 spiro atoms. The molecule has 3 nitrogen and oxygen atoms in total. The summed E-state index contributed by atoms with van der Waals surface area (Å²) in [7, 11) is 0. The van der Waals surface area contributed by atoms with Gasteiger partial charge in [-0.3, -0.25) is 10.1 Å². The topological polar surface area (TPSA) is 32.3 Å². The Morgan fingerprint density at radius 1 is 1.05 bits per heavy atom. The molecule has 1 amide bonds. The molecule has 1 saturated heterocycles. The molecule has 1 aliphatic heterocycles. The summed E-state index contributed by atoms with van der Waals surface area (Å²) in [6.07, 6.45) is 8.27. The third-order valence-corrected chi connectivity index (χ3v) is 4.97. The molecule has 1 N–H and O–H groups in total. The third kappa shape index (κ3) is 3.36. The predicted molar refractivity (Wildman–Crippen MR) is 83.3 cm³/mol. The molecule has 0 bridgehead atoms. The third-order valence-electron chi connectivity index (χ3n) is 4.97. The van der Waals surface area contributed by atoms with Crippen LogP contribution >= 0.6 is 0 Å². The van der Waals surface area contributed by atoms with E-state index in [2.05, 4.69) is 37.9 Å². The van der Waals surface area contributed by atoms with E-state index in [1.54, 1.807) is 0 Å². The number of amides is 1. The van der Waals surface area contributed by atoms with Gasteiger partial charge in [0.25, 0.3) is 0 Å². The van der Waals surface area contributed by atoms with Crippen molar-refractivity contribution in [3.8, 4) is 0 Å². The number of hydrogen-bond donors (Lipinski definition) is 1. The first-order valence-corrected chi connectivity index (χ1v) is 8.65. The molecule has 2 fully saturated rings. The van der Waals surface area contributed by atoms with E-state index in [0.717, 1.165) is 37.5 Å². The highest BCUT2D eigenvalue weighted by Crippen LogP contribution is 2.34. The lowest BCUT2D eigenvalue weighted by Gasteiger charge is -2.39. The van der Waals surface area contributed by atoms with Crippen molar-refractivity contribution >= 4 is 5.91 Å². The first-order chi connectivity index (χ1) is 9.56. The molecule has 116 valence electrons. The van der Waals surface area contributed by atoms with Crippen LogP contribution in [0, 0.1) is 11.8 Å². The molecule has 20 heavy (non-hydrogen) atoms. The van der Waals surface area contributed by atoms with Gasteiger partial charge in [0.2, 0.25) is 5.91 Å². The van der Waals surface area contributed by atoms with Gasteiger partial charge in [-0.1, -0.05) is 40.5 Å². The van der Waals surface area contributed by atoms with Gasteiger partial charge in [-0.2, -0.15) is 0 Å². The lowest BCUT2D eigenvalue weighted by Crippen LogP contribution is -2.47. The van der Waals surface area contributed by atoms with Crippen LogP contribution in [-0.2, 0) is 4.79 Å². The van der Waals surface area contributed by atoms with Crippen LogP contribution < -0.4 is 5.32 Å². The molecule has 4 unspecified atom stereocenters. The van der Waals surface area contributed by atoms with Crippen molar-refractivity contribution in [2.45, 2.75) is 90.9 Å². The van der Waals surface area contributed by atoms with Gasteiger partial charge in [0, 0.05) is 6.04 Å². The van der Waals surface area contributed by atoms with Gasteiger partial charge in [0.15, 0.2) is 0 Å². The van der Waals surface area contributed by atoms with Gasteiger partial charge >= 0.3 is 0 Å². The summed E-state index contributed by atoms with van der Waals surface area (Å²) in [5.74, 6) is 1.88. The molecule has 0 aromatic heterocycles. The zero-order valence-electron chi connectivity index (χ0n) is 13.7. The maximum atomic E-state index is 12.8. The molecular formula is C17H32N2O. The minimum absolute atomic E-state index is 0.0732. The molecule has 2 aliphatic rings. The number of carbonyl (C=O) groups excluding carboxylic acids is 1. The van der Waals surface area contributed by atoms with E-state index < -0.39 is 0 Å². The summed E-state index contributed by atoms with van der Waals surface area (Å²) in [5, 5.41) is 3.60. The van der Waals surface area contributed by atoms with E-state index in [1.807, 2.05) is 0 Å². The Balaban J connectivity index is 2.11. The molecule has 2 rings (SSSR count). The molecule has 0 aromatic rings. The smallest absolute Gasteiger partial charge is 0.241 e. The second-order valence-electron chi connectivity index (χ2n) is 7.13. The highest BCUT2D eigenvalue weighted by atomic mass is 16.2. The van der Waals surface area contributed by atoms with Crippen molar-refractivity contribution in [2.24, 2.45) is 11.8 Å². The Hall–Kier alpha value is -0.570. The molecular weight excluding hydrogens is 248 g/mol. The summed E-state index contributed by atoms with van der Waals surface area (Å²) in [5.41, 5.74) is 0. The molecule has 1 aliphatic carbocycles. The minimum Gasteiger partial charge on any atom is -0.323 e. The Labute approximate surface area is 124 Å². The van der Waals surface area contributed by atoms with Crippen LogP contribution in [-0.4, -0.2) is 29.1 Å². The number of hydrogen-bond acceptors (Lipinski definition) is 2. The quantitative estimate of drug-likeness (QED) is 0.835. The van der Waals surface area contributed by atoms with Crippen LogP contribution in [0.5, 0.6) is 0 Å². The van der Waals surface area contributed by atoms with Gasteiger partial charge < -0.3 is 4.90 Å². The summed E-state index contributed by atoms with van der Waals surface area (Å²) in [6, 6.07) is 0.538. The van der Waals surface area contributed by atoms with E-state index in [1.165, 1.54) is 19.3 Å². The molecule has 4 atom stereocenters. The van der Waals surface area contributed by atoms with Crippen molar-refractivity contribution in [3.05, 3.63) is 0 Å². The van der Waals surface area contributed by atoms with Crippen LogP contribution in [0.3, 0.4) is 0 Å². The van der Waals surface area contributed by atoms with Gasteiger partial charge in [0.1, 0.15) is 0 Å². The fourth-order valence-electron chi connectivity index (χ4n) is 4.27. The fraction of sp³-hybridized carbons (Fsp3) is 0.941. The van der Waals surface area contributed by atoms with Crippen LogP contribution in [0.1, 0.15) is 72.6 Å². The molecule has 1 saturated carbocycles. The maximum absolute atomic E-state index is 12.8. The van der Waals surface area contributed by atoms with Crippen molar-refractivity contribution in [3.63, 3.8) is 0 Å². The van der Waals surface area contributed by atoms with Gasteiger partial charge in [-0.25, -0.2) is 0 Å². The first kappa shape index (κ1) is 15.8. The van der Waals surface area contributed by atoms with E-state index in [-0.39, 0.29) is 12.2 Å². The Morgan fingerprint density at radius 3 is 2.20 bits per heavy atom. The highest BCUT2D eigenvalue weighted by Gasteiger charge is 2.43. The van der Waals surface area contributed by atoms with Crippen LogP contribution in [0.4, 0.5) is 0 Å². The van der Waals surface area contributed by atoms with Crippen LogP contribution in [0.25, 0.3) is 0 Å². The van der Waals surface area contributed by atoms with E-state index in [4.69, 9.17) is 0 Å². The van der Waals surface area contributed by atoms with Crippen LogP contribution in [0.15, 0.2) is 0 Å². The number of nitrogens with one attached hydrogen (secondary N) is 1. The highest BCUT2D eigenvalue weighted by molar-refractivity contribution is 5.84. The standard InChI is InChI=1S/C17H32N2O/c1-5-7-15-17(20)19(16(18-15)8-6-2)14-10-12(3)9-13(4)11-14/h12-16,18H,5-11H2,1-4H3. The zero-order chi connectivity index (χ0) is 14.7. The molecule has 1 heterocycles. The van der Waals surface area contributed by atoms with Crippen LogP contribution in [0.2, 0.25) is 0 Å². The molecule has 3 heteroatoms. The second-order valence-corrected chi connectivity index (χ2v) is 7.13. The number of carbonyl (C=O) groups is 1. The summed E-state index contributed by atoms with van der Waals surface area (Å²) in [6.45, 7) is 9.06.